The van der Waals surface area contributed by atoms with Crippen LogP contribution >= 0.6 is 24.0 Å². The molecule has 1 aromatic carbocycles. The number of likely N-dealkylation sites (N-methyl/N-ethyl adjacent to an activating group) is 1. The van der Waals surface area contributed by atoms with E-state index in [4.69, 9.17) is 9.47 Å². The lowest BCUT2D eigenvalue weighted by molar-refractivity contribution is -0.127. The molecule has 0 aliphatic heterocycles. The summed E-state index contributed by atoms with van der Waals surface area (Å²) in [5.74, 6) is 1.84. The smallest absolute Gasteiger partial charge is 0.243 e. The number of guanidine groups is 1. The molecule has 0 aliphatic carbocycles. The van der Waals surface area contributed by atoms with Crippen LogP contribution < -0.4 is 20.1 Å². The van der Waals surface area contributed by atoms with Crippen molar-refractivity contribution >= 4 is 41.5 Å². The molecule has 0 aliphatic rings. The van der Waals surface area contributed by atoms with E-state index in [2.05, 4.69) is 22.5 Å². The minimum atomic E-state index is -0.0548. The molecule has 1 aromatic rings. The van der Waals surface area contributed by atoms with Gasteiger partial charge >= 0.3 is 0 Å². The molecular weight excluding hydrogens is 447 g/mol. The van der Waals surface area contributed by atoms with E-state index in [1.807, 2.05) is 25.1 Å². The number of carbonyl (C=O) groups excluding carboxylic acids is 1. The van der Waals surface area contributed by atoms with Gasteiger partial charge in [0.05, 0.1) is 13.7 Å². The summed E-state index contributed by atoms with van der Waals surface area (Å²) >= 11 is 0. The maximum absolute atomic E-state index is 11.8. The Morgan fingerprint density at radius 3 is 2.54 bits per heavy atom. The average molecular weight is 478 g/mol. The number of ether oxygens (including phenoxy) is 2. The molecule has 2 N–H and O–H groups in total. The third kappa shape index (κ3) is 8.59. The second-order valence-electron chi connectivity index (χ2n) is 5.66. The first-order chi connectivity index (χ1) is 12.0. The monoisotopic (exact) mass is 478 g/mol. The second kappa shape index (κ2) is 13.5. The summed E-state index contributed by atoms with van der Waals surface area (Å²) < 4.78 is 10.9. The van der Waals surface area contributed by atoms with Gasteiger partial charge in [-0.3, -0.25) is 4.79 Å². The van der Waals surface area contributed by atoms with E-state index in [1.54, 1.807) is 21.2 Å². The summed E-state index contributed by atoms with van der Waals surface area (Å²) in [5, 5.41) is 6.45. The number of halogens is 1. The fourth-order valence-corrected chi connectivity index (χ4v) is 1.97. The van der Waals surface area contributed by atoms with Gasteiger partial charge in [-0.1, -0.05) is 13.3 Å². The molecule has 0 atom stereocenters. The van der Waals surface area contributed by atoms with E-state index in [0.29, 0.717) is 24.1 Å². The Hall–Kier alpha value is -1.71. The Labute approximate surface area is 173 Å². The Bertz CT molecular complexity index is 580. The standard InChI is InChI=1S/C18H30N4O3.HI/c1-6-8-11-19-18(20-13-17(23)22(3)4)21-14-9-10-15(25-7-2)16(12-14)24-5;/h9-10,12H,6-8,11,13H2,1-5H3,(H2,19,20,21);1H. The number of amides is 1. The summed E-state index contributed by atoms with van der Waals surface area (Å²) in [6.07, 6.45) is 2.10. The van der Waals surface area contributed by atoms with E-state index in [-0.39, 0.29) is 36.4 Å². The van der Waals surface area contributed by atoms with Crippen molar-refractivity contribution in [3.05, 3.63) is 18.2 Å². The third-order valence-corrected chi connectivity index (χ3v) is 3.42. The van der Waals surface area contributed by atoms with Crippen LogP contribution in [0.3, 0.4) is 0 Å². The summed E-state index contributed by atoms with van der Waals surface area (Å²) in [7, 11) is 5.03. The van der Waals surface area contributed by atoms with Crippen molar-refractivity contribution in [2.45, 2.75) is 26.7 Å². The van der Waals surface area contributed by atoms with Crippen molar-refractivity contribution in [1.82, 2.24) is 10.2 Å². The highest BCUT2D eigenvalue weighted by molar-refractivity contribution is 14.0. The molecule has 0 unspecified atom stereocenters. The van der Waals surface area contributed by atoms with Crippen molar-refractivity contribution in [1.29, 1.82) is 0 Å². The largest absolute Gasteiger partial charge is 0.493 e. The lowest BCUT2D eigenvalue weighted by Gasteiger charge is -2.15. The van der Waals surface area contributed by atoms with Gasteiger partial charge in [-0.25, -0.2) is 4.99 Å². The maximum atomic E-state index is 11.8. The number of nitrogens with zero attached hydrogens (tertiary/aromatic N) is 2. The van der Waals surface area contributed by atoms with E-state index in [9.17, 15) is 4.79 Å². The van der Waals surface area contributed by atoms with Crippen LogP contribution in [-0.2, 0) is 4.79 Å². The molecule has 7 nitrogen and oxygen atoms in total. The van der Waals surface area contributed by atoms with Crippen LogP contribution in [0.15, 0.2) is 23.2 Å². The van der Waals surface area contributed by atoms with Crippen LogP contribution in [0.5, 0.6) is 11.5 Å². The lowest BCUT2D eigenvalue weighted by atomic mass is 10.2. The summed E-state index contributed by atoms with van der Waals surface area (Å²) in [6.45, 7) is 5.49. The molecule has 8 heteroatoms. The van der Waals surface area contributed by atoms with Crippen LogP contribution in [-0.4, -0.2) is 57.7 Å². The highest BCUT2D eigenvalue weighted by atomic mass is 127. The molecule has 0 spiro atoms. The van der Waals surface area contributed by atoms with Crippen molar-refractivity contribution < 1.29 is 14.3 Å². The van der Waals surface area contributed by atoms with Gasteiger partial charge in [0, 0.05) is 32.4 Å². The quantitative estimate of drug-likeness (QED) is 0.247. The molecule has 0 heterocycles. The predicted molar refractivity (Wildman–Crippen MR) is 117 cm³/mol. The number of hydrogen-bond donors (Lipinski definition) is 2. The van der Waals surface area contributed by atoms with Crippen LogP contribution in [0.4, 0.5) is 5.69 Å². The van der Waals surface area contributed by atoms with Gasteiger partial charge in [-0.15, -0.1) is 24.0 Å². The number of rotatable bonds is 9. The fraction of sp³-hybridized carbons (Fsp3) is 0.556. The second-order valence-corrected chi connectivity index (χ2v) is 5.66. The van der Waals surface area contributed by atoms with Gasteiger partial charge < -0.3 is 25.0 Å². The normalized spacial score (nSPS) is 10.6. The molecule has 0 bridgehead atoms. The van der Waals surface area contributed by atoms with Crippen LogP contribution in [0.25, 0.3) is 0 Å². The summed E-state index contributed by atoms with van der Waals surface area (Å²) in [4.78, 5) is 17.7. The van der Waals surface area contributed by atoms with Gasteiger partial charge in [-0.05, 0) is 25.5 Å². The highest BCUT2D eigenvalue weighted by Gasteiger charge is 2.08. The van der Waals surface area contributed by atoms with Gasteiger partial charge in [-0.2, -0.15) is 0 Å². The van der Waals surface area contributed by atoms with Crippen LogP contribution in [0, 0.1) is 0 Å². The zero-order valence-corrected chi connectivity index (χ0v) is 18.6. The number of hydrogen-bond acceptors (Lipinski definition) is 4. The zero-order valence-electron chi connectivity index (χ0n) is 16.3. The first kappa shape index (κ1) is 24.3. The lowest BCUT2D eigenvalue weighted by Crippen LogP contribution is -2.33. The molecule has 0 saturated carbocycles. The minimum absolute atomic E-state index is 0. The number of aliphatic imine (C=N–C) groups is 1. The molecule has 26 heavy (non-hydrogen) atoms. The summed E-state index contributed by atoms with van der Waals surface area (Å²) in [5.41, 5.74) is 0.806. The molecule has 0 saturated heterocycles. The highest BCUT2D eigenvalue weighted by Crippen LogP contribution is 2.30. The molecule has 0 fully saturated rings. The first-order valence-electron chi connectivity index (χ1n) is 8.58. The van der Waals surface area contributed by atoms with Gasteiger partial charge in [0.25, 0.3) is 0 Å². The van der Waals surface area contributed by atoms with E-state index >= 15 is 0 Å². The fourth-order valence-electron chi connectivity index (χ4n) is 1.97. The molecule has 0 radical (unpaired) electrons. The first-order valence-corrected chi connectivity index (χ1v) is 8.58. The van der Waals surface area contributed by atoms with E-state index < -0.39 is 0 Å². The number of unbranched alkanes of at least 4 members (excludes halogenated alkanes) is 1. The SMILES string of the molecule is CCCCNC(=NCC(=O)N(C)C)Nc1ccc(OCC)c(OC)c1.I. The Morgan fingerprint density at radius 2 is 1.96 bits per heavy atom. The topological polar surface area (TPSA) is 75.2 Å². The van der Waals surface area contributed by atoms with Gasteiger partial charge in [0.2, 0.25) is 5.91 Å². The molecule has 148 valence electrons. The van der Waals surface area contributed by atoms with Gasteiger partial charge in [0.15, 0.2) is 17.5 Å². The number of benzene rings is 1. The van der Waals surface area contributed by atoms with Crippen molar-refractivity contribution in [3.8, 4) is 11.5 Å². The number of anilines is 1. The summed E-state index contributed by atoms with van der Waals surface area (Å²) in [6, 6.07) is 5.58. The number of carbonyl (C=O) groups is 1. The molecule has 1 rings (SSSR count). The Balaban J connectivity index is 0.00000625. The maximum Gasteiger partial charge on any atom is 0.243 e. The van der Waals surface area contributed by atoms with Crippen LogP contribution in [0.2, 0.25) is 0 Å². The van der Waals surface area contributed by atoms with Crippen molar-refractivity contribution in [2.75, 3.05) is 46.2 Å². The van der Waals surface area contributed by atoms with E-state index in [0.717, 1.165) is 25.1 Å². The predicted octanol–water partition coefficient (Wildman–Crippen LogP) is 2.96. The number of methoxy groups -OCH3 is 1. The zero-order chi connectivity index (χ0) is 18.7. The molecule has 1 amide bonds. The van der Waals surface area contributed by atoms with Crippen molar-refractivity contribution in [2.24, 2.45) is 4.99 Å². The van der Waals surface area contributed by atoms with E-state index in [1.165, 1.54) is 4.90 Å². The average Bonchev–Trinajstić information content (AvgIpc) is 2.60. The minimum Gasteiger partial charge on any atom is -0.493 e. The molecule has 0 aromatic heterocycles. The number of nitrogens with one attached hydrogen (secondary N) is 2. The molecular formula is C18H31IN4O3. The van der Waals surface area contributed by atoms with Crippen molar-refractivity contribution in [3.63, 3.8) is 0 Å². The van der Waals surface area contributed by atoms with Gasteiger partial charge in [0.1, 0.15) is 6.54 Å². The van der Waals surface area contributed by atoms with Crippen LogP contribution in [0.1, 0.15) is 26.7 Å². The Kier molecular flexibility index (Phi) is 12.6. The third-order valence-electron chi connectivity index (χ3n) is 3.42. The Morgan fingerprint density at radius 1 is 1.23 bits per heavy atom.